The largest absolute Gasteiger partial charge is 0.473 e. The Hall–Kier alpha value is -2.88. The lowest BCUT2D eigenvalue weighted by Gasteiger charge is -2.10. The number of hydrogen-bond acceptors (Lipinski definition) is 4. The molecule has 0 saturated carbocycles. The van der Waals surface area contributed by atoms with Crippen molar-refractivity contribution in [1.29, 1.82) is 0 Å². The summed E-state index contributed by atoms with van der Waals surface area (Å²) < 4.78 is 11.5. The minimum Gasteiger partial charge on any atom is -0.473 e. The minimum atomic E-state index is 0.348. The lowest BCUT2D eigenvalue weighted by atomic mass is 10.2. The molecule has 0 aliphatic rings. The molecule has 0 atom stereocenters. The molecule has 122 valence electrons. The summed E-state index contributed by atoms with van der Waals surface area (Å²) in [6.45, 7) is 2.95. The number of rotatable bonds is 7. The van der Waals surface area contributed by atoms with Crippen LogP contribution in [-0.4, -0.2) is 9.97 Å². The predicted molar refractivity (Wildman–Crippen MR) is 93.0 cm³/mol. The van der Waals surface area contributed by atoms with E-state index in [2.05, 4.69) is 9.97 Å². The van der Waals surface area contributed by atoms with Crippen LogP contribution in [0.1, 0.15) is 23.7 Å². The molecule has 0 unspecified atom stereocenters. The van der Waals surface area contributed by atoms with Gasteiger partial charge < -0.3 is 9.47 Å². The average Bonchev–Trinajstić information content (AvgIpc) is 2.66. The van der Waals surface area contributed by atoms with Gasteiger partial charge in [-0.25, -0.2) is 4.98 Å². The van der Waals surface area contributed by atoms with Crippen LogP contribution in [0, 0.1) is 0 Å². The van der Waals surface area contributed by atoms with Crippen LogP contribution in [0.15, 0.2) is 66.7 Å². The Bertz CT molecular complexity index is 699. The van der Waals surface area contributed by atoms with Crippen LogP contribution in [-0.2, 0) is 19.6 Å². The van der Waals surface area contributed by atoms with E-state index in [1.54, 1.807) is 0 Å². The number of aryl methyl sites for hydroxylation is 1. The van der Waals surface area contributed by atoms with Crippen LogP contribution in [0.25, 0.3) is 0 Å². The van der Waals surface area contributed by atoms with Gasteiger partial charge in [0.05, 0.1) is 5.69 Å². The topological polar surface area (TPSA) is 44.2 Å². The minimum absolute atomic E-state index is 0.348. The molecule has 0 aliphatic heterocycles. The van der Waals surface area contributed by atoms with Crippen molar-refractivity contribution >= 4 is 0 Å². The van der Waals surface area contributed by atoms with Crippen molar-refractivity contribution in [2.24, 2.45) is 0 Å². The van der Waals surface area contributed by atoms with E-state index in [0.29, 0.717) is 25.1 Å². The molecule has 1 heterocycles. The quantitative estimate of drug-likeness (QED) is 0.654. The predicted octanol–water partition coefficient (Wildman–Crippen LogP) is 4.20. The molecule has 24 heavy (non-hydrogen) atoms. The van der Waals surface area contributed by atoms with E-state index in [1.807, 2.05) is 73.7 Å². The number of benzene rings is 2. The smallest absolute Gasteiger partial charge is 0.320 e. The summed E-state index contributed by atoms with van der Waals surface area (Å²) in [6, 6.07) is 22.2. The second-order valence-corrected chi connectivity index (χ2v) is 5.38. The SMILES string of the molecule is CCc1cc(OCc2ccccc2)nc(OCc2ccccc2)n1. The van der Waals surface area contributed by atoms with Crippen molar-refractivity contribution in [2.45, 2.75) is 26.6 Å². The van der Waals surface area contributed by atoms with Crippen LogP contribution in [0.3, 0.4) is 0 Å². The zero-order valence-electron chi connectivity index (χ0n) is 13.7. The maximum atomic E-state index is 5.80. The van der Waals surface area contributed by atoms with Gasteiger partial charge in [-0.15, -0.1) is 0 Å². The second kappa shape index (κ2) is 8.11. The van der Waals surface area contributed by atoms with Gasteiger partial charge >= 0.3 is 6.01 Å². The number of hydrogen-bond donors (Lipinski definition) is 0. The average molecular weight is 320 g/mol. The van der Waals surface area contributed by atoms with Gasteiger partial charge in [-0.05, 0) is 17.5 Å². The summed E-state index contributed by atoms with van der Waals surface area (Å²) in [7, 11) is 0. The van der Waals surface area contributed by atoms with Crippen molar-refractivity contribution in [3.8, 4) is 11.9 Å². The monoisotopic (exact) mass is 320 g/mol. The van der Waals surface area contributed by atoms with E-state index in [0.717, 1.165) is 23.2 Å². The van der Waals surface area contributed by atoms with E-state index in [4.69, 9.17) is 9.47 Å². The Kier molecular flexibility index (Phi) is 5.40. The van der Waals surface area contributed by atoms with Crippen molar-refractivity contribution in [3.63, 3.8) is 0 Å². The van der Waals surface area contributed by atoms with E-state index < -0.39 is 0 Å². The normalized spacial score (nSPS) is 10.4. The standard InChI is InChI=1S/C20H20N2O2/c1-2-18-13-19(23-14-16-9-5-3-6-10-16)22-20(21-18)24-15-17-11-7-4-8-12-17/h3-13H,2,14-15H2,1H3. The van der Waals surface area contributed by atoms with Crippen LogP contribution < -0.4 is 9.47 Å². The molecule has 4 nitrogen and oxygen atoms in total. The van der Waals surface area contributed by atoms with Gasteiger partial charge in [0.15, 0.2) is 0 Å². The zero-order chi connectivity index (χ0) is 16.6. The first-order valence-electron chi connectivity index (χ1n) is 8.05. The molecule has 4 heteroatoms. The van der Waals surface area contributed by atoms with Gasteiger partial charge in [-0.1, -0.05) is 67.6 Å². The van der Waals surface area contributed by atoms with Crippen LogP contribution in [0.4, 0.5) is 0 Å². The lowest BCUT2D eigenvalue weighted by molar-refractivity contribution is 0.257. The molecule has 0 fully saturated rings. The molecule has 0 saturated heterocycles. The molecular weight excluding hydrogens is 300 g/mol. The first-order chi connectivity index (χ1) is 11.8. The van der Waals surface area contributed by atoms with Crippen molar-refractivity contribution in [3.05, 3.63) is 83.6 Å². The summed E-state index contributed by atoms with van der Waals surface area (Å²) in [5.74, 6) is 0.536. The molecule has 0 N–H and O–H groups in total. The van der Waals surface area contributed by atoms with Gasteiger partial charge in [0, 0.05) is 6.07 Å². The molecular formula is C20H20N2O2. The van der Waals surface area contributed by atoms with E-state index >= 15 is 0 Å². The van der Waals surface area contributed by atoms with Crippen LogP contribution >= 0.6 is 0 Å². The Labute approximate surface area is 142 Å². The Balaban J connectivity index is 1.68. The Morgan fingerprint density at radius 1 is 0.750 bits per heavy atom. The highest BCUT2D eigenvalue weighted by molar-refractivity contribution is 5.21. The number of nitrogens with zero attached hydrogens (tertiary/aromatic N) is 2. The van der Waals surface area contributed by atoms with E-state index in [-0.39, 0.29) is 0 Å². The molecule has 0 bridgehead atoms. The molecule has 0 radical (unpaired) electrons. The third-order valence-electron chi connectivity index (χ3n) is 3.54. The van der Waals surface area contributed by atoms with Gasteiger partial charge in [0.1, 0.15) is 13.2 Å². The van der Waals surface area contributed by atoms with Gasteiger partial charge in [-0.3, -0.25) is 0 Å². The Morgan fingerprint density at radius 3 is 1.92 bits per heavy atom. The first-order valence-corrected chi connectivity index (χ1v) is 8.05. The Morgan fingerprint density at radius 2 is 1.33 bits per heavy atom. The maximum Gasteiger partial charge on any atom is 0.320 e. The molecule has 0 spiro atoms. The highest BCUT2D eigenvalue weighted by Gasteiger charge is 2.07. The summed E-state index contributed by atoms with van der Waals surface area (Å²) in [5, 5.41) is 0. The van der Waals surface area contributed by atoms with Crippen LogP contribution in [0.2, 0.25) is 0 Å². The second-order valence-electron chi connectivity index (χ2n) is 5.38. The van der Waals surface area contributed by atoms with Crippen molar-refractivity contribution in [1.82, 2.24) is 9.97 Å². The maximum absolute atomic E-state index is 5.80. The molecule has 0 aliphatic carbocycles. The van der Waals surface area contributed by atoms with Crippen LogP contribution in [0.5, 0.6) is 11.9 Å². The number of aromatic nitrogens is 2. The van der Waals surface area contributed by atoms with E-state index in [9.17, 15) is 0 Å². The summed E-state index contributed by atoms with van der Waals surface area (Å²) in [4.78, 5) is 8.76. The fraction of sp³-hybridized carbons (Fsp3) is 0.200. The fourth-order valence-electron chi connectivity index (χ4n) is 2.22. The van der Waals surface area contributed by atoms with Gasteiger partial charge in [0.2, 0.25) is 5.88 Å². The number of ether oxygens (including phenoxy) is 2. The highest BCUT2D eigenvalue weighted by atomic mass is 16.5. The zero-order valence-corrected chi connectivity index (χ0v) is 13.7. The molecule has 3 rings (SSSR count). The molecule has 0 amide bonds. The highest BCUT2D eigenvalue weighted by Crippen LogP contribution is 2.17. The third-order valence-corrected chi connectivity index (χ3v) is 3.54. The molecule has 1 aromatic heterocycles. The first kappa shape index (κ1) is 16.0. The van der Waals surface area contributed by atoms with Gasteiger partial charge in [0.25, 0.3) is 0 Å². The molecule has 2 aromatic carbocycles. The van der Waals surface area contributed by atoms with E-state index in [1.165, 1.54) is 0 Å². The summed E-state index contributed by atoms with van der Waals surface area (Å²) >= 11 is 0. The summed E-state index contributed by atoms with van der Waals surface area (Å²) in [6.07, 6.45) is 0.798. The third kappa shape index (κ3) is 4.56. The lowest BCUT2D eigenvalue weighted by Crippen LogP contribution is -2.04. The molecule has 3 aromatic rings. The fourth-order valence-corrected chi connectivity index (χ4v) is 2.22. The van der Waals surface area contributed by atoms with Gasteiger partial charge in [-0.2, -0.15) is 4.98 Å². The van der Waals surface area contributed by atoms with Crippen molar-refractivity contribution < 1.29 is 9.47 Å². The van der Waals surface area contributed by atoms with Crippen molar-refractivity contribution in [2.75, 3.05) is 0 Å². The summed E-state index contributed by atoms with van der Waals surface area (Å²) in [5.41, 5.74) is 3.08.